The molecule has 0 saturated carbocycles. The van der Waals surface area contributed by atoms with Gasteiger partial charge >= 0.3 is 18.4 Å². The van der Waals surface area contributed by atoms with Crippen LogP contribution in [0, 0.1) is 0 Å². The van der Waals surface area contributed by atoms with Crippen molar-refractivity contribution in [2.24, 2.45) is 0 Å². The molecule has 0 aromatic rings. The van der Waals surface area contributed by atoms with Crippen molar-refractivity contribution >= 4 is 30.0 Å². The maximum absolute atomic E-state index is 11.4. The standard InChI is InChI=1S/C13H22ClNO5.C2H6/c1-15-11(13(18)20-10-16)6-7-12(17)19-9-5-3-2-4-8-14;1-2/h10-11,15H,2-9H2,1H3;1-2H3. The maximum atomic E-state index is 11.4. The number of alkyl halides is 1. The molecule has 1 atom stereocenters. The van der Waals surface area contributed by atoms with Crippen molar-refractivity contribution < 1.29 is 23.9 Å². The number of hydrogen-bond acceptors (Lipinski definition) is 6. The average molecular weight is 338 g/mol. The number of halogens is 1. The Labute approximate surface area is 137 Å². The van der Waals surface area contributed by atoms with E-state index in [4.69, 9.17) is 16.3 Å². The molecule has 0 heterocycles. The number of nitrogens with one attached hydrogen (secondary N) is 1. The summed E-state index contributed by atoms with van der Waals surface area (Å²) >= 11 is 5.55. The molecule has 0 fully saturated rings. The van der Waals surface area contributed by atoms with Gasteiger partial charge in [-0.2, -0.15) is 0 Å². The van der Waals surface area contributed by atoms with Crippen molar-refractivity contribution in [3.63, 3.8) is 0 Å². The van der Waals surface area contributed by atoms with Crippen molar-refractivity contribution in [1.82, 2.24) is 5.32 Å². The predicted molar refractivity (Wildman–Crippen MR) is 85.7 cm³/mol. The van der Waals surface area contributed by atoms with Crippen LogP contribution in [0.2, 0.25) is 0 Å². The van der Waals surface area contributed by atoms with Crippen molar-refractivity contribution in [3.8, 4) is 0 Å². The second-order valence-electron chi connectivity index (χ2n) is 4.24. The minimum Gasteiger partial charge on any atom is -0.466 e. The molecule has 1 N–H and O–H groups in total. The minimum absolute atomic E-state index is 0.0752. The fourth-order valence-electron chi connectivity index (χ4n) is 1.58. The van der Waals surface area contributed by atoms with Crippen LogP contribution in [0.25, 0.3) is 0 Å². The van der Waals surface area contributed by atoms with E-state index < -0.39 is 12.0 Å². The first-order chi connectivity index (χ1) is 10.7. The topological polar surface area (TPSA) is 81.7 Å². The van der Waals surface area contributed by atoms with Gasteiger partial charge in [0.25, 0.3) is 0 Å². The molecule has 0 amide bonds. The summed E-state index contributed by atoms with van der Waals surface area (Å²) in [6, 6.07) is -0.684. The summed E-state index contributed by atoms with van der Waals surface area (Å²) in [4.78, 5) is 32.8. The van der Waals surface area contributed by atoms with Crippen LogP contribution < -0.4 is 5.32 Å². The number of ether oxygens (including phenoxy) is 2. The van der Waals surface area contributed by atoms with Gasteiger partial charge in [0.05, 0.1) is 6.61 Å². The van der Waals surface area contributed by atoms with Crippen LogP contribution in [0.3, 0.4) is 0 Å². The lowest BCUT2D eigenvalue weighted by molar-refractivity contribution is -0.153. The SMILES string of the molecule is CC.CNC(CCC(=O)OCCCCCCCl)C(=O)OC=O. The van der Waals surface area contributed by atoms with Gasteiger partial charge in [0.15, 0.2) is 0 Å². The second-order valence-corrected chi connectivity index (χ2v) is 4.61. The molecule has 1 unspecified atom stereocenters. The molecule has 6 nitrogen and oxygen atoms in total. The van der Waals surface area contributed by atoms with E-state index in [1.54, 1.807) is 7.05 Å². The lowest BCUT2D eigenvalue weighted by atomic mass is 10.1. The third-order valence-corrected chi connectivity index (χ3v) is 2.99. The zero-order valence-electron chi connectivity index (χ0n) is 13.7. The number of carbonyl (C=O) groups excluding carboxylic acids is 3. The van der Waals surface area contributed by atoms with Crippen LogP contribution in [0.15, 0.2) is 0 Å². The number of rotatable bonds is 12. The summed E-state index contributed by atoms with van der Waals surface area (Å²) in [6.07, 6.45) is 4.12. The quantitative estimate of drug-likeness (QED) is 0.194. The summed E-state index contributed by atoms with van der Waals surface area (Å²) in [7, 11) is 1.55. The van der Waals surface area contributed by atoms with Gasteiger partial charge in [-0.15, -0.1) is 11.6 Å². The van der Waals surface area contributed by atoms with E-state index in [0.29, 0.717) is 12.5 Å². The Bertz CT molecular complexity index is 300. The van der Waals surface area contributed by atoms with Crippen LogP contribution in [0.5, 0.6) is 0 Å². The van der Waals surface area contributed by atoms with Gasteiger partial charge in [0, 0.05) is 12.3 Å². The summed E-state index contributed by atoms with van der Waals surface area (Å²) in [5, 5.41) is 2.68. The molecular formula is C15H28ClNO5. The highest BCUT2D eigenvalue weighted by molar-refractivity contribution is 6.17. The molecule has 0 aliphatic carbocycles. The molecule has 7 heteroatoms. The average Bonchev–Trinajstić information content (AvgIpc) is 2.53. The Balaban J connectivity index is 0. The molecule has 0 spiro atoms. The first-order valence-electron chi connectivity index (χ1n) is 7.68. The summed E-state index contributed by atoms with van der Waals surface area (Å²) in [5.41, 5.74) is 0. The predicted octanol–water partition coefficient (Wildman–Crippen LogP) is 2.42. The molecule has 0 saturated heterocycles. The van der Waals surface area contributed by atoms with E-state index in [2.05, 4.69) is 10.1 Å². The summed E-state index contributed by atoms with van der Waals surface area (Å²) in [5.74, 6) is -0.403. The van der Waals surface area contributed by atoms with Gasteiger partial charge in [0.1, 0.15) is 6.04 Å². The molecule has 0 radical (unpaired) electrons. The molecule has 0 aliphatic rings. The highest BCUT2D eigenvalue weighted by Gasteiger charge is 2.19. The number of esters is 2. The number of likely N-dealkylation sites (N-methyl/N-ethyl adjacent to an activating group) is 1. The van der Waals surface area contributed by atoms with Gasteiger partial charge in [0.2, 0.25) is 0 Å². The normalized spacial score (nSPS) is 10.9. The van der Waals surface area contributed by atoms with Crippen LogP contribution in [-0.4, -0.2) is 44.0 Å². The Kier molecular flexibility index (Phi) is 18.8. The Morgan fingerprint density at radius 2 is 1.82 bits per heavy atom. The maximum Gasteiger partial charge on any atom is 0.330 e. The Morgan fingerprint density at radius 3 is 2.36 bits per heavy atom. The van der Waals surface area contributed by atoms with Crippen molar-refractivity contribution in [3.05, 3.63) is 0 Å². The monoisotopic (exact) mass is 337 g/mol. The first kappa shape index (κ1) is 23.1. The van der Waals surface area contributed by atoms with E-state index in [9.17, 15) is 14.4 Å². The largest absolute Gasteiger partial charge is 0.466 e. The van der Waals surface area contributed by atoms with Gasteiger partial charge in [-0.3, -0.25) is 9.59 Å². The summed E-state index contributed by atoms with van der Waals surface area (Å²) < 4.78 is 9.25. The highest BCUT2D eigenvalue weighted by atomic mass is 35.5. The molecular weight excluding hydrogens is 310 g/mol. The van der Waals surface area contributed by atoms with Crippen LogP contribution >= 0.6 is 11.6 Å². The van der Waals surface area contributed by atoms with Crippen LogP contribution in [0.4, 0.5) is 0 Å². The third kappa shape index (κ3) is 13.8. The van der Waals surface area contributed by atoms with Crippen LogP contribution in [-0.2, 0) is 23.9 Å². The molecule has 22 heavy (non-hydrogen) atoms. The lowest BCUT2D eigenvalue weighted by Crippen LogP contribution is -2.35. The van der Waals surface area contributed by atoms with Gasteiger partial charge in [-0.25, -0.2) is 4.79 Å². The fourth-order valence-corrected chi connectivity index (χ4v) is 1.77. The van der Waals surface area contributed by atoms with E-state index >= 15 is 0 Å². The zero-order valence-corrected chi connectivity index (χ0v) is 14.5. The molecule has 0 aromatic heterocycles. The van der Waals surface area contributed by atoms with Crippen molar-refractivity contribution in [1.29, 1.82) is 0 Å². The molecule has 0 bridgehead atoms. The van der Waals surface area contributed by atoms with E-state index in [0.717, 1.165) is 25.7 Å². The Morgan fingerprint density at radius 1 is 1.18 bits per heavy atom. The smallest absolute Gasteiger partial charge is 0.330 e. The Hall–Kier alpha value is -1.14. The van der Waals surface area contributed by atoms with Gasteiger partial charge in [-0.05, 0) is 26.3 Å². The van der Waals surface area contributed by atoms with E-state index in [1.165, 1.54) is 0 Å². The third-order valence-electron chi connectivity index (χ3n) is 2.73. The van der Waals surface area contributed by atoms with Crippen LogP contribution in [0.1, 0.15) is 52.4 Å². The summed E-state index contributed by atoms with van der Waals surface area (Å²) in [6.45, 7) is 4.45. The lowest BCUT2D eigenvalue weighted by Gasteiger charge is -2.12. The van der Waals surface area contributed by atoms with E-state index in [-0.39, 0.29) is 25.3 Å². The van der Waals surface area contributed by atoms with Crippen molar-refractivity contribution in [2.75, 3.05) is 19.5 Å². The fraction of sp³-hybridized carbons (Fsp3) is 0.800. The molecule has 0 aromatic carbocycles. The van der Waals surface area contributed by atoms with Gasteiger partial charge in [-0.1, -0.05) is 26.7 Å². The zero-order chi connectivity index (χ0) is 17.2. The van der Waals surface area contributed by atoms with Gasteiger partial charge < -0.3 is 14.8 Å². The highest BCUT2D eigenvalue weighted by Crippen LogP contribution is 2.04. The second kappa shape index (κ2) is 17.9. The first-order valence-corrected chi connectivity index (χ1v) is 8.22. The van der Waals surface area contributed by atoms with Crippen molar-refractivity contribution in [2.45, 2.75) is 58.4 Å². The molecule has 0 aliphatic heterocycles. The number of unbranched alkanes of at least 4 members (excludes halogenated alkanes) is 3. The molecule has 0 rings (SSSR count). The number of hydrogen-bond donors (Lipinski definition) is 1. The molecule has 130 valence electrons. The number of carbonyl (C=O) groups is 3. The van der Waals surface area contributed by atoms with E-state index in [1.807, 2.05) is 13.8 Å². The minimum atomic E-state index is -0.698.